The van der Waals surface area contributed by atoms with E-state index in [1.165, 1.54) is 0 Å². The highest BCUT2D eigenvalue weighted by Crippen LogP contribution is 2.41. The number of methoxy groups -OCH3 is 2. The Morgan fingerprint density at radius 3 is 2.72 bits per heavy atom. The number of hydrogen-bond acceptors (Lipinski definition) is 4. The van der Waals surface area contributed by atoms with Crippen molar-refractivity contribution in [3.05, 3.63) is 22.7 Å². The molecular weight excluding hydrogens is 256 g/mol. The molecule has 0 saturated carbocycles. The molecule has 4 nitrogen and oxygen atoms in total. The predicted molar refractivity (Wildman–Crippen MR) is 67.5 cm³/mol. The summed E-state index contributed by atoms with van der Waals surface area (Å²) in [5, 5.41) is 0.532. The molecule has 1 atom stereocenters. The van der Waals surface area contributed by atoms with Crippen LogP contribution in [0.2, 0.25) is 5.02 Å². The van der Waals surface area contributed by atoms with Crippen LogP contribution in [0.1, 0.15) is 24.5 Å². The Kier molecular flexibility index (Phi) is 4.09. The van der Waals surface area contributed by atoms with Gasteiger partial charge in [-0.2, -0.15) is 0 Å². The van der Waals surface area contributed by atoms with Gasteiger partial charge in [-0.1, -0.05) is 11.6 Å². The van der Waals surface area contributed by atoms with Gasteiger partial charge < -0.3 is 14.2 Å². The number of benzene rings is 1. The van der Waals surface area contributed by atoms with Gasteiger partial charge in [0.25, 0.3) is 0 Å². The van der Waals surface area contributed by atoms with Crippen molar-refractivity contribution in [2.24, 2.45) is 0 Å². The van der Waals surface area contributed by atoms with Gasteiger partial charge in [0.15, 0.2) is 11.5 Å². The molecule has 1 aliphatic heterocycles. The fourth-order valence-corrected chi connectivity index (χ4v) is 2.30. The molecule has 0 aliphatic carbocycles. The van der Waals surface area contributed by atoms with Crippen LogP contribution in [0.5, 0.6) is 11.5 Å². The first-order valence-electron chi connectivity index (χ1n) is 5.70. The van der Waals surface area contributed by atoms with Crippen molar-refractivity contribution >= 4 is 17.4 Å². The minimum atomic E-state index is -0.311. The monoisotopic (exact) mass is 270 g/mol. The van der Waals surface area contributed by atoms with Crippen LogP contribution in [0.4, 0.5) is 0 Å². The molecule has 0 radical (unpaired) electrons. The summed E-state index contributed by atoms with van der Waals surface area (Å²) in [7, 11) is 3.10. The van der Waals surface area contributed by atoms with Gasteiger partial charge in [0.2, 0.25) is 0 Å². The highest BCUT2D eigenvalue weighted by atomic mass is 35.5. The quantitative estimate of drug-likeness (QED) is 0.847. The summed E-state index contributed by atoms with van der Waals surface area (Å²) in [6.07, 6.45) is 0.505. The van der Waals surface area contributed by atoms with Crippen LogP contribution in [0.25, 0.3) is 0 Å². The summed E-state index contributed by atoms with van der Waals surface area (Å²) in [4.78, 5) is 11.5. The van der Waals surface area contributed by atoms with Crippen LogP contribution in [0, 0.1) is 0 Å². The maximum atomic E-state index is 11.5. The van der Waals surface area contributed by atoms with Gasteiger partial charge in [-0.15, -0.1) is 0 Å². The van der Waals surface area contributed by atoms with E-state index in [0.717, 1.165) is 5.56 Å². The second-order valence-corrected chi connectivity index (χ2v) is 4.52. The van der Waals surface area contributed by atoms with E-state index in [9.17, 15) is 4.79 Å². The number of ether oxygens (including phenoxy) is 3. The van der Waals surface area contributed by atoms with Crippen LogP contribution < -0.4 is 9.47 Å². The molecule has 5 heteroatoms. The zero-order valence-electron chi connectivity index (χ0n) is 10.4. The van der Waals surface area contributed by atoms with E-state index >= 15 is 0 Å². The lowest BCUT2D eigenvalue weighted by Gasteiger charge is -2.24. The summed E-state index contributed by atoms with van der Waals surface area (Å²) < 4.78 is 16.2. The Bertz CT molecular complexity index is 459. The third-order valence-corrected chi connectivity index (χ3v) is 3.15. The topological polar surface area (TPSA) is 44.8 Å². The predicted octanol–water partition coefficient (Wildman–Crippen LogP) is 2.78. The van der Waals surface area contributed by atoms with Gasteiger partial charge in [0.1, 0.15) is 5.78 Å². The second-order valence-electron chi connectivity index (χ2n) is 4.08. The Hall–Kier alpha value is -1.26. The van der Waals surface area contributed by atoms with Crippen molar-refractivity contribution in [1.29, 1.82) is 0 Å². The van der Waals surface area contributed by atoms with E-state index in [0.29, 0.717) is 36.0 Å². The zero-order valence-corrected chi connectivity index (χ0v) is 11.1. The first-order chi connectivity index (χ1) is 8.65. The largest absolute Gasteiger partial charge is 0.493 e. The Morgan fingerprint density at radius 1 is 1.33 bits per heavy atom. The number of ketones is 1. The van der Waals surface area contributed by atoms with Gasteiger partial charge in [-0.05, 0) is 6.07 Å². The molecule has 0 N–H and O–H groups in total. The van der Waals surface area contributed by atoms with Crippen molar-refractivity contribution in [3.63, 3.8) is 0 Å². The van der Waals surface area contributed by atoms with Crippen molar-refractivity contribution < 1.29 is 19.0 Å². The highest BCUT2D eigenvalue weighted by molar-refractivity contribution is 6.30. The molecule has 1 aromatic carbocycles. The van der Waals surface area contributed by atoms with Crippen LogP contribution in [-0.4, -0.2) is 26.6 Å². The molecule has 1 fully saturated rings. The lowest BCUT2D eigenvalue weighted by molar-refractivity contribution is -0.128. The SMILES string of the molecule is COc1cc(Cl)cc(C2CC(=O)CCO2)c1OC. The first kappa shape index (κ1) is 13.2. The third-order valence-electron chi connectivity index (χ3n) is 2.93. The van der Waals surface area contributed by atoms with E-state index < -0.39 is 0 Å². The fraction of sp³-hybridized carbons (Fsp3) is 0.462. The molecule has 2 rings (SSSR count). The van der Waals surface area contributed by atoms with Crippen molar-refractivity contribution in [2.45, 2.75) is 18.9 Å². The molecule has 98 valence electrons. The van der Waals surface area contributed by atoms with Gasteiger partial charge in [-0.3, -0.25) is 4.79 Å². The molecule has 1 aromatic rings. The number of carbonyl (C=O) groups is 1. The molecule has 1 heterocycles. The van der Waals surface area contributed by atoms with E-state index in [-0.39, 0.29) is 11.9 Å². The molecule has 0 aromatic heterocycles. The molecular formula is C13H15ClO4. The van der Waals surface area contributed by atoms with Gasteiger partial charge in [-0.25, -0.2) is 0 Å². The summed E-state index contributed by atoms with van der Waals surface area (Å²) >= 11 is 6.04. The highest BCUT2D eigenvalue weighted by Gasteiger charge is 2.26. The normalized spacial score (nSPS) is 19.7. The molecule has 0 amide bonds. The van der Waals surface area contributed by atoms with Crippen LogP contribution in [-0.2, 0) is 9.53 Å². The fourth-order valence-electron chi connectivity index (χ4n) is 2.08. The third kappa shape index (κ3) is 2.60. The van der Waals surface area contributed by atoms with E-state index in [1.807, 2.05) is 0 Å². The average Bonchev–Trinajstić information content (AvgIpc) is 2.37. The van der Waals surface area contributed by atoms with Crippen molar-refractivity contribution in [3.8, 4) is 11.5 Å². The lowest BCUT2D eigenvalue weighted by atomic mass is 9.99. The maximum absolute atomic E-state index is 11.5. The van der Waals surface area contributed by atoms with Crippen LogP contribution >= 0.6 is 11.6 Å². The Morgan fingerprint density at radius 2 is 2.11 bits per heavy atom. The molecule has 18 heavy (non-hydrogen) atoms. The maximum Gasteiger partial charge on any atom is 0.166 e. The minimum absolute atomic E-state index is 0.187. The molecule has 0 bridgehead atoms. The molecule has 1 aliphatic rings. The van der Waals surface area contributed by atoms with Crippen molar-refractivity contribution in [2.75, 3.05) is 20.8 Å². The zero-order chi connectivity index (χ0) is 13.1. The smallest absolute Gasteiger partial charge is 0.166 e. The molecule has 1 unspecified atom stereocenters. The summed E-state index contributed by atoms with van der Waals surface area (Å²) in [5.74, 6) is 1.30. The van der Waals surface area contributed by atoms with E-state index in [1.54, 1.807) is 26.4 Å². The van der Waals surface area contributed by atoms with Crippen molar-refractivity contribution in [1.82, 2.24) is 0 Å². The number of hydrogen-bond donors (Lipinski definition) is 0. The standard InChI is InChI=1S/C13H15ClO4/c1-16-12-6-8(14)5-10(13(12)17-2)11-7-9(15)3-4-18-11/h5-6,11H,3-4,7H2,1-2H3. The first-order valence-corrected chi connectivity index (χ1v) is 6.08. The number of carbonyl (C=O) groups excluding carboxylic acids is 1. The number of rotatable bonds is 3. The van der Waals surface area contributed by atoms with Gasteiger partial charge >= 0.3 is 0 Å². The summed E-state index contributed by atoms with van der Waals surface area (Å²) in [6, 6.07) is 3.43. The van der Waals surface area contributed by atoms with Gasteiger partial charge in [0.05, 0.1) is 26.9 Å². The van der Waals surface area contributed by atoms with E-state index in [4.69, 9.17) is 25.8 Å². The van der Waals surface area contributed by atoms with Gasteiger partial charge in [0, 0.05) is 29.5 Å². The Balaban J connectivity index is 2.41. The minimum Gasteiger partial charge on any atom is -0.493 e. The van der Waals surface area contributed by atoms with Crippen LogP contribution in [0.15, 0.2) is 12.1 Å². The lowest BCUT2D eigenvalue weighted by Crippen LogP contribution is -2.20. The average molecular weight is 271 g/mol. The molecule has 0 spiro atoms. The number of halogens is 1. The summed E-state index contributed by atoms with van der Waals surface area (Å²) in [5.41, 5.74) is 0.759. The number of Topliss-reactive ketones (excluding diaryl/α,β-unsaturated/α-hetero) is 1. The Labute approximate surface area is 111 Å². The molecule has 1 saturated heterocycles. The van der Waals surface area contributed by atoms with Crippen LogP contribution in [0.3, 0.4) is 0 Å². The second kappa shape index (κ2) is 5.59. The summed E-state index contributed by atoms with van der Waals surface area (Å²) in [6.45, 7) is 0.432. The van der Waals surface area contributed by atoms with E-state index in [2.05, 4.69) is 0 Å².